The molecule has 0 radical (unpaired) electrons. The van der Waals surface area contributed by atoms with Gasteiger partial charge in [-0.1, -0.05) is 23.9 Å². The summed E-state index contributed by atoms with van der Waals surface area (Å²) in [5.41, 5.74) is 6.85. The molecule has 5 nitrogen and oxygen atoms in total. The second-order valence-electron chi connectivity index (χ2n) is 4.63. The number of carbonyl (C=O) groups is 1. The number of carbonyl (C=O) groups excluding carboxylic acids is 1. The van der Waals surface area contributed by atoms with E-state index in [9.17, 15) is 4.79 Å². The summed E-state index contributed by atoms with van der Waals surface area (Å²) in [5, 5.41) is 7.95. The molecule has 0 spiro atoms. The van der Waals surface area contributed by atoms with Gasteiger partial charge in [0.05, 0.1) is 0 Å². The second-order valence-corrected chi connectivity index (χ2v) is 5.57. The van der Waals surface area contributed by atoms with Crippen molar-refractivity contribution in [2.24, 2.45) is 5.73 Å². The third-order valence-electron chi connectivity index (χ3n) is 3.05. The van der Waals surface area contributed by atoms with Crippen molar-refractivity contribution in [1.82, 2.24) is 15.2 Å². The zero-order valence-electron chi connectivity index (χ0n) is 10.3. The van der Waals surface area contributed by atoms with Crippen LogP contribution in [0.2, 0.25) is 0 Å². The van der Waals surface area contributed by atoms with Crippen LogP contribution in [0.4, 0.5) is 0 Å². The molecule has 1 fully saturated rings. The third kappa shape index (κ3) is 2.96. The first-order chi connectivity index (χ1) is 9.22. The van der Waals surface area contributed by atoms with E-state index in [1.54, 1.807) is 23.9 Å². The fraction of sp³-hybridized carbons (Fsp3) is 0.308. The van der Waals surface area contributed by atoms with Gasteiger partial charge in [-0.05, 0) is 30.5 Å². The highest BCUT2D eigenvalue weighted by Gasteiger charge is 2.27. The Morgan fingerprint density at radius 2 is 2.11 bits per heavy atom. The minimum Gasteiger partial charge on any atom is -0.366 e. The van der Waals surface area contributed by atoms with Gasteiger partial charge in [0.1, 0.15) is 5.82 Å². The van der Waals surface area contributed by atoms with Crippen molar-refractivity contribution in [3.8, 4) is 0 Å². The SMILES string of the molecule is NC(=O)c1ccc(CSc2n[nH]c(C3CC3)n2)cc1. The predicted octanol–water partition coefficient (Wildman–Crippen LogP) is 2.07. The van der Waals surface area contributed by atoms with Gasteiger partial charge in [-0.3, -0.25) is 9.89 Å². The Balaban J connectivity index is 1.59. The first-order valence-corrected chi connectivity index (χ1v) is 7.15. The molecule has 0 aliphatic heterocycles. The van der Waals surface area contributed by atoms with Gasteiger partial charge in [0.25, 0.3) is 0 Å². The summed E-state index contributed by atoms with van der Waals surface area (Å²) in [6, 6.07) is 7.29. The number of H-pyrrole nitrogens is 1. The van der Waals surface area contributed by atoms with Crippen LogP contribution >= 0.6 is 11.8 Å². The number of aromatic amines is 1. The summed E-state index contributed by atoms with van der Waals surface area (Å²) in [7, 11) is 0. The number of amides is 1. The molecule has 1 aromatic carbocycles. The minimum atomic E-state index is -0.401. The lowest BCUT2D eigenvalue weighted by Crippen LogP contribution is -2.10. The molecule has 0 unspecified atom stereocenters. The maximum atomic E-state index is 11.0. The summed E-state index contributed by atoms with van der Waals surface area (Å²) >= 11 is 1.58. The van der Waals surface area contributed by atoms with E-state index >= 15 is 0 Å². The minimum absolute atomic E-state index is 0.401. The van der Waals surface area contributed by atoms with Crippen LogP contribution in [0.25, 0.3) is 0 Å². The van der Waals surface area contributed by atoms with Crippen LogP contribution in [0.15, 0.2) is 29.4 Å². The Morgan fingerprint density at radius 1 is 1.37 bits per heavy atom. The average molecular weight is 274 g/mol. The van der Waals surface area contributed by atoms with Gasteiger partial charge in [0.2, 0.25) is 11.1 Å². The molecule has 0 atom stereocenters. The molecule has 2 aromatic rings. The van der Waals surface area contributed by atoms with E-state index in [1.807, 2.05) is 12.1 Å². The number of nitrogens with one attached hydrogen (secondary N) is 1. The number of rotatable bonds is 5. The lowest BCUT2D eigenvalue weighted by Gasteiger charge is -2.00. The number of hydrogen-bond donors (Lipinski definition) is 2. The van der Waals surface area contributed by atoms with E-state index < -0.39 is 5.91 Å². The summed E-state index contributed by atoms with van der Waals surface area (Å²) in [6.07, 6.45) is 2.43. The normalized spacial score (nSPS) is 14.5. The maximum Gasteiger partial charge on any atom is 0.248 e. The summed E-state index contributed by atoms with van der Waals surface area (Å²) in [6.45, 7) is 0. The van der Waals surface area contributed by atoms with Gasteiger partial charge in [-0.15, -0.1) is 5.10 Å². The standard InChI is InChI=1S/C13H14N4OS/c14-11(18)9-3-1-8(2-4-9)7-19-13-15-12(16-17-13)10-5-6-10/h1-4,10H,5-7H2,(H2,14,18)(H,15,16,17). The molecule has 0 bridgehead atoms. The van der Waals surface area contributed by atoms with Crippen LogP contribution in [-0.2, 0) is 5.75 Å². The number of nitrogens with two attached hydrogens (primary N) is 1. The average Bonchev–Trinajstić information content (AvgIpc) is 3.16. The maximum absolute atomic E-state index is 11.0. The largest absolute Gasteiger partial charge is 0.366 e. The molecule has 1 heterocycles. The van der Waals surface area contributed by atoms with Gasteiger partial charge in [0.15, 0.2) is 0 Å². The molecular weight excluding hydrogens is 260 g/mol. The van der Waals surface area contributed by atoms with Crippen LogP contribution in [0, 0.1) is 0 Å². The molecule has 3 N–H and O–H groups in total. The van der Waals surface area contributed by atoms with E-state index in [0.717, 1.165) is 22.3 Å². The Hall–Kier alpha value is -1.82. The highest BCUT2D eigenvalue weighted by molar-refractivity contribution is 7.98. The lowest BCUT2D eigenvalue weighted by atomic mass is 10.1. The van der Waals surface area contributed by atoms with E-state index in [1.165, 1.54) is 12.8 Å². The zero-order chi connectivity index (χ0) is 13.2. The number of aromatic nitrogens is 3. The predicted molar refractivity (Wildman–Crippen MR) is 72.9 cm³/mol. The first kappa shape index (κ1) is 12.2. The monoisotopic (exact) mass is 274 g/mol. The van der Waals surface area contributed by atoms with Crippen molar-refractivity contribution in [2.45, 2.75) is 29.7 Å². The van der Waals surface area contributed by atoms with Crippen molar-refractivity contribution >= 4 is 17.7 Å². The number of benzene rings is 1. The molecule has 1 saturated carbocycles. The summed E-state index contributed by atoms with van der Waals surface area (Å²) < 4.78 is 0. The molecule has 6 heteroatoms. The van der Waals surface area contributed by atoms with Crippen LogP contribution in [0.5, 0.6) is 0 Å². The highest BCUT2D eigenvalue weighted by atomic mass is 32.2. The Labute approximate surface area is 115 Å². The molecule has 1 aliphatic rings. The van der Waals surface area contributed by atoms with Crippen molar-refractivity contribution in [2.75, 3.05) is 0 Å². The molecule has 3 rings (SSSR count). The lowest BCUT2D eigenvalue weighted by molar-refractivity contribution is 0.100. The van der Waals surface area contributed by atoms with E-state index in [0.29, 0.717) is 11.5 Å². The van der Waals surface area contributed by atoms with Gasteiger partial charge >= 0.3 is 0 Å². The van der Waals surface area contributed by atoms with Crippen molar-refractivity contribution in [3.63, 3.8) is 0 Å². The molecule has 1 aliphatic carbocycles. The van der Waals surface area contributed by atoms with Crippen LogP contribution < -0.4 is 5.73 Å². The van der Waals surface area contributed by atoms with Crippen molar-refractivity contribution in [3.05, 3.63) is 41.2 Å². The smallest absolute Gasteiger partial charge is 0.248 e. The second kappa shape index (κ2) is 5.05. The van der Waals surface area contributed by atoms with E-state index in [-0.39, 0.29) is 0 Å². The number of nitrogens with zero attached hydrogens (tertiary/aromatic N) is 2. The molecule has 98 valence electrons. The first-order valence-electron chi connectivity index (χ1n) is 6.16. The van der Waals surface area contributed by atoms with Crippen LogP contribution in [0.1, 0.15) is 40.5 Å². The quantitative estimate of drug-likeness (QED) is 0.817. The Morgan fingerprint density at radius 3 is 2.74 bits per heavy atom. The van der Waals surface area contributed by atoms with Crippen LogP contribution in [0.3, 0.4) is 0 Å². The number of thioether (sulfide) groups is 1. The summed E-state index contributed by atoms with van der Waals surface area (Å²) in [4.78, 5) is 15.4. The highest BCUT2D eigenvalue weighted by Crippen LogP contribution is 2.38. The Kier molecular flexibility index (Phi) is 3.25. The summed E-state index contributed by atoms with van der Waals surface area (Å²) in [5.74, 6) is 1.98. The van der Waals surface area contributed by atoms with Crippen molar-refractivity contribution < 1.29 is 4.79 Å². The zero-order valence-corrected chi connectivity index (χ0v) is 11.1. The van der Waals surface area contributed by atoms with E-state index in [4.69, 9.17) is 5.73 Å². The topological polar surface area (TPSA) is 84.7 Å². The van der Waals surface area contributed by atoms with Gasteiger partial charge in [-0.2, -0.15) is 0 Å². The van der Waals surface area contributed by atoms with Gasteiger partial charge in [-0.25, -0.2) is 4.98 Å². The van der Waals surface area contributed by atoms with Crippen LogP contribution in [-0.4, -0.2) is 21.1 Å². The molecule has 19 heavy (non-hydrogen) atoms. The fourth-order valence-corrected chi connectivity index (χ4v) is 2.54. The van der Waals surface area contributed by atoms with E-state index in [2.05, 4.69) is 15.2 Å². The molecule has 1 amide bonds. The molecule has 1 aromatic heterocycles. The fourth-order valence-electron chi connectivity index (χ4n) is 1.78. The molecular formula is C13H14N4OS. The third-order valence-corrected chi connectivity index (χ3v) is 3.97. The Bertz CT molecular complexity index is 589. The number of primary amides is 1. The molecule has 0 saturated heterocycles. The van der Waals surface area contributed by atoms with Gasteiger partial charge < -0.3 is 5.73 Å². The van der Waals surface area contributed by atoms with Crippen molar-refractivity contribution in [1.29, 1.82) is 0 Å². The number of hydrogen-bond acceptors (Lipinski definition) is 4. The van der Waals surface area contributed by atoms with Gasteiger partial charge in [0, 0.05) is 17.2 Å².